The maximum absolute atomic E-state index is 12.8. The maximum atomic E-state index is 12.8. The molecule has 2 atom stereocenters. The number of benzene rings is 1. The predicted octanol–water partition coefficient (Wildman–Crippen LogP) is 0.877. The zero-order valence-corrected chi connectivity index (χ0v) is 14.9. The van der Waals surface area contributed by atoms with Gasteiger partial charge in [-0.05, 0) is 19.1 Å². The molecule has 0 aliphatic carbocycles. The lowest BCUT2D eigenvalue weighted by Gasteiger charge is -2.33. The monoisotopic (exact) mass is 347 g/mol. The molecule has 2 saturated heterocycles. The van der Waals surface area contributed by atoms with Crippen LogP contribution in [0.1, 0.15) is 13.3 Å². The summed E-state index contributed by atoms with van der Waals surface area (Å²) in [6, 6.07) is 5.62. The SMILES string of the molecule is COc1ccc(N2C[C@H](C(=O)N3CCN[C@@H](C)C3)CC2=O)c(OC)c1. The van der Waals surface area contributed by atoms with Gasteiger partial charge in [0.25, 0.3) is 0 Å². The lowest BCUT2D eigenvalue weighted by Crippen LogP contribution is -2.53. The van der Waals surface area contributed by atoms with E-state index in [0.717, 1.165) is 6.54 Å². The molecule has 1 aromatic carbocycles. The average Bonchev–Trinajstić information content (AvgIpc) is 3.02. The summed E-state index contributed by atoms with van der Waals surface area (Å²) >= 11 is 0. The highest BCUT2D eigenvalue weighted by molar-refractivity contribution is 6.01. The van der Waals surface area contributed by atoms with Gasteiger partial charge in [-0.15, -0.1) is 0 Å². The molecular formula is C18H25N3O4. The summed E-state index contributed by atoms with van der Waals surface area (Å²) < 4.78 is 10.6. The Labute approximate surface area is 147 Å². The molecule has 0 aromatic heterocycles. The molecular weight excluding hydrogens is 322 g/mol. The number of anilines is 1. The van der Waals surface area contributed by atoms with Crippen LogP contribution in [-0.2, 0) is 9.59 Å². The minimum absolute atomic E-state index is 0.0509. The van der Waals surface area contributed by atoms with Crippen molar-refractivity contribution in [1.29, 1.82) is 0 Å². The van der Waals surface area contributed by atoms with Crippen LogP contribution >= 0.6 is 0 Å². The number of rotatable bonds is 4. The number of hydrogen-bond donors (Lipinski definition) is 1. The maximum Gasteiger partial charge on any atom is 0.228 e. The number of nitrogens with one attached hydrogen (secondary N) is 1. The zero-order chi connectivity index (χ0) is 18.0. The topological polar surface area (TPSA) is 71.1 Å². The molecule has 0 radical (unpaired) electrons. The molecule has 0 saturated carbocycles. The number of piperazine rings is 1. The Morgan fingerprint density at radius 2 is 2.04 bits per heavy atom. The van der Waals surface area contributed by atoms with E-state index in [1.165, 1.54) is 0 Å². The Morgan fingerprint density at radius 3 is 2.72 bits per heavy atom. The van der Waals surface area contributed by atoms with Gasteiger partial charge in [0.1, 0.15) is 11.5 Å². The first-order valence-electron chi connectivity index (χ1n) is 8.58. The molecule has 2 heterocycles. The smallest absolute Gasteiger partial charge is 0.228 e. The molecule has 1 aromatic rings. The fourth-order valence-electron chi connectivity index (χ4n) is 3.50. The Hall–Kier alpha value is -2.28. The van der Waals surface area contributed by atoms with E-state index in [1.54, 1.807) is 37.3 Å². The minimum Gasteiger partial charge on any atom is -0.497 e. The lowest BCUT2D eigenvalue weighted by atomic mass is 10.1. The van der Waals surface area contributed by atoms with Gasteiger partial charge in [0, 0.05) is 44.7 Å². The van der Waals surface area contributed by atoms with Crippen molar-refractivity contribution in [1.82, 2.24) is 10.2 Å². The van der Waals surface area contributed by atoms with Crippen molar-refractivity contribution in [3.8, 4) is 11.5 Å². The average molecular weight is 347 g/mol. The number of nitrogens with zero attached hydrogens (tertiary/aromatic N) is 2. The second-order valence-electron chi connectivity index (χ2n) is 6.58. The van der Waals surface area contributed by atoms with Crippen LogP contribution in [0.2, 0.25) is 0 Å². The second kappa shape index (κ2) is 7.31. The fourth-order valence-corrected chi connectivity index (χ4v) is 3.50. The Morgan fingerprint density at radius 1 is 1.24 bits per heavy atom. The Balaban J connectivity index is 1.75. The van der Waals surface area contributed by atoms with Crippen LogP contribution in [0.25, 0.3) is 0 Å². The van der Waals surface area contributed by atoms with Crippen LogP contribution in [0.15, 0.2) is 18.2 Å². The van der Waals surface area contributed by atoms with Gasteiger partial charge in [-0.3, -0.25) is 9.59 Å². The van der Waals surface area contributed by atoms with E-state index in [-0.39, 0.29) is 30.2 Å². The number of methoxy groups -OCH3 is 2. The lowest BCUT2D eigenvalue weighted by molar-refractivity contribution is -0.136. The van der Waals surface area contributed by atoms with Gasteiger partial charge in [0.2, 0.25) is 11.8 Å². The first-order valence-corrected chi connectivity index (χ1v) is 8.58. The molecule has 2 aliphatic rings. The van der Waals surface area contributed by atoms with E-state index in [4.69, 9.17) is 9.47 Å². The van der Waals surface area contributed by atoms with Crippen molar-refractivity contribution in [3.05, 3.63) is 18.2 Å². The van der Waals surface area contributed by atoms with E-state index in [9.17, 15) is 9.59 Å². The van der Waals surface area contributed by atoms with Crippen molar-refractivity contribution >= 4 is 17.5 Å². The fraction of sp³-hybridized carbons (Fsp3) is 0.556. The van der Waals surface area contributed by atoms with E-state index >= 15 is 0 Å². The van der Waals surface area contributed by atoms with Gasteiger partial charge >= 0.3 is 0 Å². The molecule has 0 bridgehead atoms. The summed E-state index contributed by atoms with van der Waals surface area (Å²) in [5, 5.41) is 3.33. The highest BCUT2D eigenvalue weighted by Crippen LogP contribution is 2.36. The molecule has 136 valence electrons. The van der Waals surface area contributed by atoms with Crippen molar-refractivity contribution < 1.29 is 19.1 Å². The minimum atomic E-state index is -0.301. The first kappa shape index (κ1) is 17.5. The second-order valence-corrected chi connectivity index (χ2v) is 6.58. The van der Waals surface area contributed by atoms with Gasteiger partial charge in [-0.2, -0.15) is 0 Å². The Kier molecular flexibility index (Phi) is 5.13. The van der Waals surface area contributed by atoms with E-state index in [1.807, 2.05) is 4.90 Å². The van der Waals surface area contributed by atoms with Gasteiger partial charge in [0.15, 0.2) is 0 Å². The Bertz CT molecular complexity index is 664. The van der Waals surface area contributed by atoms with Crippen LogP contribution in [0, 0.1) is 5.92 Å². The van der Waals surface area contributed by atoms with Crippen LogP contribution in [-0.4, -0.2) is 63.2 Å². The van der Waals surface area contributed by atoms with E-state index in [0.29, 0.717) is 36.8 Å². The molecule has 2 amide bonds. The van der Waals surface area contributed by atoms with Crippen LogP contribution < -0.4 is 19.7 Å². The third-order valence-corrected chi connectivity index (χ3v) is 4.83. The van der Waals surface area contributed by atoms with Gasteiger partial charge in [0.05, 0.1) is 25.8 Å². The van der Waals surface area contributed by atoms with Crippen molar-refractivity contribution in [2.24, 2.45) is 5.92 Å². The third kappa shape index (κ3) is 3.56. The summed E-state index contributed by atoms with van der Waals surface area (Å²) in [5.41, 5.74) is 0.678. The highest BCUT2D eigenvalue weighted by atomic mass is 16.5. The van der Waals surface area contributed by atoms with Crippen LogP contribution in [0.4, 0.5) is 5.69 Å². The summed E-state index contributed by atoms with van der Waals surface area (Å²) in [6.45, 7) is 4.63. The molecule has 2 fully saturated rings. The van der Waals surface area contributed by atoms with Gasteiger partial charge < -0.3 is 24.6 Å². The molecule has 0 spiro atoms. The largest absolute Gasteiger partial charge is 0.497 e. The molecule has 1 N–H and O–H groups in total. The summed E-state index contributed by atoms with van der Waals surface area (Å²) in [6.07, 6.45) is 0.242. The summed E-state index contributed by atoms with van der Waals surface area (Å²) in [7, 11) is 3.14. The number of hydrogen-bond acceptors (Lipinski definition) is 5. The first-order chi connectivity index (χ1) is 12.0. The van der Waals surface area contributed by atoms with Gasteiger partial charge in [-0.1, -0.05) is 0 Å². The third-order valence-electron chi connectivity index (χ3n) is 4.83. The molecule has 25 heavy (non-hydrogen) atoms. The summed E-state index contributed by atoms with van der Waals surface area (Å²) in [4.78, 5) is 28.8. The standard InChI is InChI=1S/C18H25N3O4/c1-12-10-20(7-6-19-12)18(23)13-8-17(22)21(11-13)15-5-4-14(24-2)9-16(15)25-3/h4-5,9,12-13,19H,6-8,10-11H2,1-3H3/t12-,13+/m0/s1. The number of ether oxygens (including phenoxy) is 2. The van der Waals surface area contributed by atoms with Crippen molar-refractivity contribution in [3.63, 3.8) is 0 Å². The number of carbonyl (C=O) groups is 2. The molecule has 2 aliphatic heterocycles. The highest BCUT2D eigenvalue weighted by Gasteiger charge is 2.38. The van der Waals surface area contributed by atoms with Gasteiger partial charge in [-0.25, -0.2) is 0 Å². The molecule has 3 rings (SSSR count). The number of amides is 2. The van der Waals surface area contributed by atoms with Crippen molar-refractivity contribution in [2.75, 3.05) is 45.3 Å². The predicted molar refractivity (Wildman–Crippen MR) is 94.1 cm³/mol. The quantitative estimate of drug-likeness (QED) is 0.875. The van der Waals surface area contributed by atoms with Crippen LogP contribution in [0.3, 0.4) is 0 Å². The van der Waals surface area contributed by atoms with Crippen LogP contribution in [0.5, 0.6) is 11.5 Å². The number of carbonyl (C=O) groups excluding carboxylic acids is 2. The van der Waals surface area contributed by atoms with E-state index < -0.39 is 0 Å². The normalized spacial score (nSPS) is 23.7. The molecule has 7 heteroatoms. The van der Waals surface area contributed by atoms with Crippen molar-refractivity contribution in [2.45, 2.75) is 19.4 Å². The summed E-state index contributed by atoms with van der Waals surface area (Å²) in [5.74, 6) is 0.942. The molecule has 0 unspecified atom stereocenters. The molecule has 7 nitrogen and oxygen atoms in total. The van der Waals surface area contributed by atoms with E-state index in [2.05, 4.69) is 12.2 Å². The zero-order valence-electron chi connectivity index (χ0n) is 14.9.